The van der Waals surface area contributed by atoms with Crippen LogP contribution in [0.4, 0.5) is 4.79 Å². The number of phenols is 1. The maximum absolute atomic E-state index is 14.1. The van der Waals surface area contributed by atoms with Crippen molar-refractivity contribution in [2.75, 3.05) is 32.2 Å². The number of thioether (sulfide) groups is 1. The summed E-state index contributed by atoms with van der Waals surface area (Å²) in [5, 5.41) is 15.9. The highest BCUT2D eigenvalue weighted by Crippen LogP contribution is 2.30. The summed E-state index contributed by atoms with van der Waals surface area (Å²) in [4.78, 5) is 53.5. The van der Waals surface area contributed by atoms with Gasteiger partial charge in [0.25, 0.3) is 0 Å². The highest BCUT2D eigenvalue weighted by Gasteiger charge is 2.37. The van der Waals surface area contributed by atoms with Gasteiger partial charge in [0, 0.05) is 12.1 Å². The van der Waals surface area contributed by atoms with Crippen LogP contribution in [0.25, 0.3) is 0 Å². The van der Waals surface area contributed by atoms with Crippen LogP contribution >= 0.6 is 11.8 Å². The maximum Gasteiger partial charge on any atom is 0.408 e. The van der Waals surface area contributed by atoms with Gasteiger partial charge < -0.3 is 30.1 Å². The number of alkyl carbamates (subject to hydrolysis) is 1. The number of unbranched alkanes of at least 4 members (excludes halogenated alkanes) is 5. The molecule has 1 rings (SSSR count). The zero-order chi connectivity index (χ0) is 30.1. The number of carbonyl (C=O) groups excluding carboxylic acids is 4. The van der Waals surface area contributed by atoms with Crippen molar-refractivity contribution in [3.8, 4) is 5.75 Å². The molecule has 0 aliphatic rings. The average molecular weight is 582 g/mol. The summed E-state index contributed by atoms with van der Waals surface area (Å²) < 4.78 is 10.1. The predicted molar refractivity (Wildman–Crippen MR) is 157 cm³/mol. The first-order valence-corrected chi connectivity index (χ1v) is 15.3. The second-order valence-corrected chi connectivity index (χ2v) is 11.5. The first kappa shape index (κ1) is 35.1. The molecule has 11 heteroatoms. The monoisotopic (exact) mass is 581 g/mol. The third-order valence-corrected chi connectivity index (χ3v) is 6.71. The van der Waals surface area contributed by atoms with E-state index in [1.807, 2.05) is 6.26 Å². The number of hydrogen-bond donors (Lipinski definition) is 3. The number of esters is 1. The van der Waals surface area contributed by atoms with Gasteiger partial charge in [-0.15, -0.1) is 0 Å². The molecule has 0 radical (unpaired) electrons. The number of nitrogens with one attached hydrogen (secondary N) is 2. The van der Waals surface area contributed by atoms with Crippen molar-refractivity contribution >= 4 is 35.6 Å². The van der Waals surface area contributed by atoms with Crippen molar-refractivity contribution in [3.05, 3.63) is 29.8 Å². The van der Waals surface area contributed by atoms with Gasteiger partial charge in [0.1, 0.15) is 30.0 Å². The molecule has 3 amide bonds. The van der Waals surface area contributed by atoms with Crippen molar-refractivity contribution in [3.63, 3.8) is 0 Å². The third-order valence-electron chi connectivity index (χ3n) is 6.06. The smallest absolute Gasteiger partial charge is 0.408 e. The van der Waals surface area contributed by atoms with E-state index in [4.69, 9.17) is 4.74 Å². The van der Waals surface area contributed by atoms with E-state index >= 15 is 0 Å². The van der Waals surface area contributed by atoms with Crippen LogP contribution in [0.1, 0.15) is 84.2 Å². The van der Waals surface area contributed by atoms with Crippen LogP contribution in [0.15, 0.2) is 24.3 Å². The largest absolute Gasteiger partial charge is 0.508 e. The number of rotatable bonds is 17. The first-order chi connectivity index (χ1) is 18.9. The summed E-state index contributed by atoms with van der Waals surface area (Å²) in [6.07, 6.45) is 7.21. The molecule has 0 saturated heterocycles. The molecule has 1 aromatic rings. The van der Waals surface area contributed by atoms with Crippen LogP contribution in [0.2, 0.25) is 0 Å². The topological polar surface area (TPSA) is 134 Å². The van der Waals surface area contributed by atoms with E-state index < -0.39 is 48.1 Å². The van der Waals surface area contributed by atoms with Crippen LogP contribution in [0.5, 0.6) is 5.75 Å². The number of ether oxygens (including phenoxy) is 2. The Hall–Kier alpha value is -2.95. The second-order valence-electron chi connectivity index (χ2n) is 10.5. The molecule has 2 atom stereocenters. The van der Waals surface area contributed by atoms with Gasteiger partial charge in [-0.05, 0) is 51.7 Å². The third kappa shape index (κ3) is 12.9. The van der Waals surface area contributed by atoms with E-state index in [-0.39, 0.29) is 17.9 Å². The van der Waals surface area contributed by atoms with Crippen molar-refractivity contribution in [1.29, 1.82) is 0 Å². The number of aromatic hydroxyl groups is 1. The highest BCUT2D eigenvalue weighted by atomic mass is 32.2. The van der Waals surface area contributed by atoms with E-state index in [9.17, 15) is 24.3 Å². The molecular weight excluding hydrogens is 534 g/mol. The second kappa shape index (κ2) is 18.4. The Bertz CT molecular complexity index is 952. The number of carbonyl (C=O) groups is 4. The number of hydrogen-bond acceptors (Lipinski definition) is 8. The summed E-state index contributed by atoms with van der Waals surface area (Å²) in [5.41, 5.74) is -0.549. The van der Waals surface area contributed by atoms with Gasteiger partial charge in [0.15, 0.2) is 0 Å². The van der Waals surface area contributed by atoms with Gasteiger partial charge in [0.2, 0.25) is 11.8 Å². The molecule has 0 spiro atoms. The molecule has 0 aliphatic carbocycles. The van der Waals surface area contributed by atoms with Crippen LogP contribution < -0.4 is 10.6 Å². The zero-order valence-corrected chi connectivity index (χ0v) is 25.6. The minimum Gasteiger partial charge on any atom is -0.508 e. The Morgan fingerprint density at radius 2 is 1.70 bits per heavy atom. The van der Waals surface area contributed by atoms with Gasteiger partial charge in [0.05, 0.1) is 7.11 Å². The van der Waals surface area contributed by atoms with Crippen LogP contribution in [-0.2, 0) is 23.9 Å². The highest BCUT2D eigenvalue weighted by molar-refractivity contribution is 7.98. The molecule has 2 unspecified atom stereocenters. The van der Waals surface area contributed by atoms with E-state index in [1.165, 1.54) is 29.8 Å². The molecule has 1 aromatic carbocycles. The van der Waals surface area contributed by atoms with Crippen molar-refractivity contribution < 1.29 is 33.8 Å². The molecule has 0 heterocycles. The molecule has 40 heavy (non-hydrogen) atoms. The lowest BCUT2D eigenvalue weighted by molar-refractivity contribution is -0.144. The normalized spacial score (nSPS) is 12.7. The standard InChI is InChI=1S/C29H47N3O7S/c1-7-8-9-10-11-14-18-32(27(36)22(17-19-40-6)31-28(37)39-29(2,3)4)25(21-15-12-13-16-23(21)33)26(35)30-20-24(34)38-5/h12-13,15-16,22,25,33H,7-11,14,17-20H2,1-6H3,(H,30,35)(H,31,37). The Labute approximate surface area is 242 Å². The van der Waals surface area contributed by atoms with Crippen molar-refractivity contribution in [2.24, 2.45) is 0 Å². The summed E-state index contributed by atoms with van der Waals surface area (Å²) >= 11 is 1.52. The van der Waals surface area contributed by atoms with E-state index in [0.717, 1.165) is 32.1 Å². The summed E-state index contributed by atoms with van der Waals surface area (Å²) in [6.45, 7) is 7.14. The quantitative estimate of drug-likeness (QED) is 0.180. The predicted octanol–water partition coefficient (Wildman–Crippen LogP) is 4.56. The van der Waals surface area contributed by atoms with Crippen molar-refractivity contribution in [2.45, 2.75) is 90.3 Å². The number of amides is 3. The SMILES string of the molecule is CCCCCCCCN(C(=O)C(CCSC)NC(=O)OC(C)(C)C)C(C(=O)NCC(=O)OC)c1ccccc1O. The van der Waals surface area contributed by atoms with Crippen LogP contribution in [0.3, 0.4) is 0 Å². The summed E-state index contributed by atoms with van der Waals surface area (Å²) in [6, 6.07) is 4.07. The lowest BCUT2D eigenvalue weighted by atomic mass is 10.0. The van der Waals surface area contributed by atoms with E-state index in [0.29, 0.717) is 18.6 Å². The summed E-state index contributed by atoms with van der Waals surface area (Å²) in [5.74, 6) is -1.36. The van der Waals surface area contributed by atoms with E-state index in [1.54, 1.807) is 39.0 Å². The number of phenolic OH excluding ortho intramolecular Hbond substituents is 1. The Morgan fingerprint density at radius 3 is 2.30 bits per heavy atom. The zero-order valence-electron chi connectivity index (χ0n) is 24.8. The number of nitrogens with zero attached hydrogens (tertiary/aromatic N) is 1. The summed E-state index contributed by atoms with van der Waals surface area (Å²) in [7, 11) is 1.21. The van der Waals surface area contributed by atoms with E-state index in [2.05, 4.69) is 22.3 Å². The molecular formula is C29H47N3O7S. The van der Waals surface area contributed by atoms with Gasteiger partial charge in [-0.1, -0.05) is 57.2 Å². The lowest BCUT2D eigenvalue weighted by Gasteiger charge is -2.34. The average Bonchev–Trinajstić information content (AvgIpc) is 2.90. The molecule has 3 N–H and O–H groups in total. The molecule has 0 bridgehead atoms. The van der Waals surface area contributed by atoms with Gasteiger partial charge >= 0.3 is 12.1 Å². The molecule has 0 saturated carbocycles. The minimum absolute atomic E-state index is 0.165. The molecule has 0 fully saturated rings. The molecule has 0 aliphatic heterocycles. The number of para-hydroxylation sites is 1. The number of methoxy groups -OCH3 is 1. The van der Waals surface area contributed by atoms with Gasteiger partial charge in [-0.2, -0.15) is 11.8 Å². The maximum atomic E-state index is 14.1. The number of benzene rings is 1. The minimum atomic E-state index is -1.24. The Balaban J connectivity index is 3.44. The lowest BCUT2D eigenvalue weighted by Crippen LogP contribution is -2.53. The Kier molecular flexibility index (Phi) is 16.1. The van der Waals surface area contributed by atoms with Gasteiger partial charge in [-0.25, -0.2) is 4.79 Å². The van der Waals surface area contributed by atoms with Crippen LogP contribution in [0, 0.1) is 0 Å². The fraction of sp³-hybridized carbons (Fsp3) is 0.655. The molecule has 226 valence electrons. The fourth-order valence-electron chi connectivity index (χ4n) is 4.07. The first-order valence-electron chi connectivity index (χ1n) is 13.9. The van der Waals surface area contributed by atoms with Crippen LogP contribution in [-0.4, -0.2) is 77.7 Å². The Morgan fingerprint density at radius 1 is 1.05 bits per heavy atom. The van der Waals surface area contributed by atoms with Gasteiger partial charge in [-0.3, -0.25) is 14.4 Å². The molecule has 0 aromatic heterocycles. The fourth-order valence-corrected chi connectivity index (χ4v) is 4.54. The van der Waals surface area contributed by atoms with Crippen molar-refractivity contribution in [1.82, 2.24) is 15.5 Å². The molecule has 10 nitrogen and oxygen atoms in total.